The Hall–Kier alpha value is -2.89. The number of nitrogens with zero attached hydrogens (tertiary/aromatic N) is 1. The Labute approximate surface area is 170 Å². The van der Waals surface area contributed by atoms with Gasteiger partial charge in [0.2, 0.25) is 5.91 Å². The van der Waals surface area contributed by atoms with E-state index in [2.05, 4.69) is 11.9 Å². The van der Waals surface area contributed by atoms with Crippen LogP contribution in [0.2, 0.25) is 0 Å². The largest absolute Gasteiger partial charge is 0.488 e. The number of rotatable bonds is 6. The van der Waals surface area contributed by atoms with Crippen LogP contribution >= 0.6 is 0 Å². The lowest BCUT2D eigenvalue weighted by atomic mass is 9.80. The summed E-state index contributed by atoms with van der Waals surface area (Å²) in [5.41, 5.74) is 1.83. The molecule has 5 nitrogen and oxygen atoms in total. The van der Waals surface area contributed by atoms with E-state index in [0.29, 0.717) is 18.6 Å². The molecule has 2 unspecified atom stereocenters. The fraction of sp³-hybridized carbons (Fsp3) is 0.391. The van der Waals surface area contributed by atoms with Crippen molar-refractivity contribution in [3.63, 3.8) is 0 Å². The second-order valence-electron chi connectivity index (χ2n) is 7.93. The minimum atomic E-state index is -0.257. The second-order valence-corrected chi connectivity index (χ2v) is 7.93. The standard InChI is InChI=1S/C23H26FN3O2/c1-15-4-9-21(16-5-7-18(24)8-6-16)27(15)23(28)17-13-19(14-17)29-22(10-11-25)20-3-2-12-26-20/h2-3,5-8,10-12,15,17,19,21,25-26H,4,9,13-14H2,1H3/b22-10+,25-11?. The third-order valence-corrected chi connectivity index (χ3v) is 6.01. The Balaban J connectivity index is 1.39. The Morgan fingerprint density at radius 2 is 2.00 bits per heavy atom. The van der Waals surface area contributed by atoms with Gasteiger partial charge >= 0.3 is 0 Å². The molecule has 0 radical (unpaired) electrons. The second kappa shape index (κ2) is 8.23. The summed E-state index contributed by atoms with van der Waals surface area (Å²) < 4.78 is 19.3. The van der Waals surface area contributed by atoms with E-state index in [4.69, 9.17) is 10.1 Å². The third-order valence-electron chi connectivity index (χ3n) is 6.01. The van der Waals surface area contributed by atoms with Crippen molar-refractivity contribution < 1.29 is 13.9 Å². The molecule has 1 aliphatic carbocycles. The minimum absolute atomic E-state index is 0.0189. The molecule has 152 valence electrons. The average molecular weight is 395 g/mol. The highest BCUT2D eigenvalue weighted by atomic mass is 19.1. The first kappa shape index (κ1) is 19.4. The summed E-state index contributed by atoms with van der Waals surface area (Å²) in [6.07, 6.45) is 7.82. The van der Waals surface area contributed by atoms with Crippen molar-refractivity contribution in [2.75, 3.05) is 0 Å². The highest BCUT2D eigenvalue weighted by molar-refractivity contribution is 5.81. The molecular formula is C23H26FN3O2. The number of halogens is 1. The predicted octanol–water partition coefficient (Wildman–Crippen LogP) is 4.69. The smallest absolute Gasteiger partial charge is 0.226 e. The van der Waals surface area contributed by atoms with E-state index in [0.717, 1.165) is 24.1 Å². The Bertz CT molecular complexity index is 885. The number of likely N-dealkylation sites (tertiary alicyclic amines) is 1. The van der Waals surface area contributed by atoms with Crippen molar-refractivity contribution in [1.29, 1.82) is 5.41 Å². The predicted molar refractivity (Wildman–Crippen MR) is 110 cm³/mol. The van der Waals surface area contributed by atoms with Crippen LogP contribution in [0.4, 0.5) is 4.39 Å². The zero-order chi connectivity index (χ0) is 20.4. The molecule has 2 heterocycles. The lowest BCUT2D eigenvalue weighted by Crippen LogP contribution is -2.46. The molecule has 6 heteroatoms. The van der Waals surface area contributed by atoms with E-state index in [1.54, 1.807) is 18.2 Å². The Morgan fingerprint density at radius 3 is 2.66 bits per heavy atom. The Morgan fingerprint density at radius 1 is 1.24 bits per heavy atom. The third kappa shape index (κ3) is 3.97. The van der Waals surface area contributed by atoms with Gasteiger partial charge in [-0.2, -0.15) is 0 Å². The van der Waals surface area contributed by atoms with Crippen LogP contribution in [0.15, 0.2) is 48.7 Å². The van der Waals surface area contributed by atoms with E-state index >= 15 is 0 Å². The SMILES string of the molecule is CC1CCC(c2ccc(F)cc2)N1C(=O)C1CC(O/C(=C/C=N)c2ccc[nH]2)C1. The van der Waals surface area contributed by atoms with E-state index in [9.17, 15) is 9.18 Å². The summed E-state index contributed by atoms with van der Waals surface area (Å²) in [6.45, 7) is 2.09. The number of hydrogen-bond acceptors (Lipinski definition) is 3. The zero-order valence-corrected chi connectivity index (χ0v) is 16.5. The maximum absolute atomic E-state index is 13.3. The molecule has 0 bridgehead atoms. The molecule has 1 saturated heterocycles. The molecule has 2 aromatic rings. The number of aromatic amines is 1. The number of carbonyl (C=O) groups excluding carboxylic acids is 1. The van der Waals surface area contributed by atoms with Crippen LogP contribution in [-0.2, 0) is 9.53 Å². The number of H-pyrrole nitrogens is 1. The zero-order valence-electron chi connectivity index (χ0n) is 16.5. The van der Waals surface area contributed by atoms with Gasteiger partial charge in [-0.05, 0) is 68.5 Å². The molecule has 1 saturated carbocycles. The summed E-state index contributed by atoms with van der Waals surface area (Å²) >= 11 is 0. The van der Waals surface area contributed by atoms with Gasteiger partial charge in [0.1, 0.15) is 17.7 Å². The first-order valence-electron chi connectivity index (χ1n) is 10.2. The number of carbonyl (C=O) groups is 1. The van der Waals surface area contributed by atoms with Gasteiger partial charge in [-0.25, -0.2) is 4.39 Å². The van der Waals surface area contributed by atoms with E-state index in [1.807, 2.05) is 23.2 Å². The maximum atomic E-state index is 13.3. The molecule has 4 rings (SSSR count). The molecule has 0 spiro atoms. The van der Waals surface area contributed by atoms with Crippen LogP contribution in [0.3, 0.4) is 0 Å². The van der Waals surface area contributed by atoms with Crippen molar-refractivity contribution in [1.82, 2.24) is 9.88 Å². The molecule has 2 atom stereocenters. The first-order chi connectivity index (χ1) is 14.1. The molecule has 2 fully saturated rings. The van der Waals surface area contributed by atoms with Crippen molar-refractivity contribution in [3.8, 4) is 0 Å². The molecule has 1 aliphatic heterocycles. The number of amides is 1. The molecule has 1 aromatic carbocycles. The number of hydrogen-bond donors (Lipinski definition) is 2. The van der Waals surface area contributed by atoms with Gasteiger partial charge in [0.25, 0.3) is 0 Å². The van der Waals surface area contributed by atoms with E-state index < -0.39 is 0 Å². The lowest BCUT2D eigenvalue weighted by molar-refractivity contribution is -0.145. The molecular weight excluding hydrogens is 369 g/mol. The number of aromatic nitrogens is 1. The van der Waals surface area contributed by atoms with Crippen LogP contribution in [0.5, 0.6) is 0 Å². The van der Waals surface area contributed by atoms with Gasteiger partial charge in [-0.3, -0.25) is 4.79 Å². The van der Waals surface area contributed by atoms with Crippen LogP contribution in [-0.4, -0.2) is 34.2 Å². The molecule has 2 N–H and O–H groups in total. The summed E-state index contributed by atoms with van der Waals surface area (Å²) in [5.74, 6) is 0.488. The number of allylic oxidation sites excluding steroid dienone is 1. The fourth-order valence-electron chi connectivity index (χ4n) is 4.37. The van der Waals surface area contributed by atoms with E-state index in [-0.39, 0.29) is 35.8 Å². The van der Waals surface area contributed by atoms with Crippen molar-refractivity contribution in [3.05, 3.63) is 65.7 Å². The molecule has 1 amide bonds. The molecule has 1 aromatic heterocycles. The van der Waals surface area contributed by atoms with Crippen molar-refractivity contribution >= 4 is 17.9 Å². The fourth-order valence-corrected chi connectivity index (χ4v) is 4.37. The molecule has 29 heavy (non-hydrogen) atoms. The Kier molecular flexibility index (Phi) is 5.51. The van der Waals surface area contributed by atoms with Gasteiger partial charge in [-0.15, -0.1) is 0 Å². The maximum Gasteiger partial charge on any atom is 0.226 e. The van der Waals surface area contributed by atoms with Crippen LogP contribution < -0.4 is 0 Å². The topological polar surface area (TPSA) is 69.2 Å². The van der Waals surface area contributed by atoms with E-state index in [1.165, 1.54) is 18.3 Å². The number of nitrogens with one attached hydrogen (secondary N) is 2. The number of ether oxygens (including phenoxy) is 1. The summed E-state index contributed by atoms with van der Waals surface area (Å²) in [5, 5.41) is 7.34. The lowest BCUT2D eigenvalue weighted by Gasteiger charge is -2.40. The first-order valence-corrected chi connectivity index (χ1v) is 10.2. The average Bonchev–Trinajstić information content (AvgIpc) is 3.33. The summed E-state index contributed by atoms with van der Waals surface area (Å²) in [6, 6.07) is 10.5. The van der Waals surface area contributed by atoms with Crippen molar-refractivity contribution in [2.45, 2.75) is 50.8 Å². The summed E-state index contributed by atoms with van der Waals surface area (Å²) in [7, 11) is 0. The summed E-state index contributed by atoms with van der Waals surface area (Å²) in [4.78, 5) is 18.3. The van der Waals surface area contributed by atoms with Gasteiger partial charge in [0.15, 0.2) is 0 Å². The minimum Gasteiger partial charge on any atom is -0.488 e. The monoisotopic (exact) mass is 395 g/mol. The van der Waals surface area contributed by atoms with Crippen LogP contribution in [0, 0.1) is 17.1 Å². The molecule has 2 aliphatic rings. The van der Waals surface area contributed by atoms with Gasteiger partial charge in [-0.1, -0.05) is 12.1 Å². The highest BCUT2D eigenvalue weighted by Crippen LogP contribution is 2.41. The van der Waals surface area contributed by atoms with Gasteiger partial charge in [0, 0.05) is 24.4 Å². The van der Waals surface area contributed by atoms with Crippen molar-refractivity contribution in [2.24, 2.45) is 5.92 Å². The highest BCUT2D eigenvalue weighted by Gasteiger charge is 2.44. The van der Waals surface area contributed by atoms with Crippen LogP contribution in [0.25, 0.3) is 5.76 Å². The van der Waals surface area contributed by atoms with Crippen LogP contribution in [0.1, 0.15) is 49.9 Å². The number of benzene rings is 1. The quantitative estimate of drug-likeness (QED) is 0.550. The van der Waals surface area contributed by atoms with Gasteiger partial charge < -0.3 is 20.0 Å². The normalized spacial score (nSPS) is 26.8. The van der Waals surface area contributed by atoms with Gasteiger partial charge in [0.05, 0.1) is 11.7 Å².